The molecule has 0 saturated heterocycles. The van der Waals surface area contributed by atoms with Gasteiger partial charge in [-0.3, -0.25) is 4.79 Å². The van der Waals surface area contributed by atoms with Crippen LogP contribution in [0.3, 0.4) is 0 Å². The molecule has 0 fully saturated rings. The molecular formula is C12H13FN4OS. The summed E-state index contributed by atoms with van der Waals surface area (Å²) in [7, 11) is 3.64. The number of nitrogens with one attached hydrogen (secondary N) is 1. The third kappa shape index (κ3) is 3.00. The number of halogens is 1. The molecule has 0 spiro atoms. The Morgan fingerprint density at radius 3 is 2.53 bits per heavy atom. The molecule has 0 bridgehead atoms. The molecule has 0 aliphatic carbocycles. The van der Waals surface area contributed by atoms with E-state index in [0.29, 0.717) is 15.7 Å². The Morgan fingerprint density at radius 1 is 1.37 bits per heavy atom. The van der Waals surface area contributed by atoms with Gasteiger partial charge < -0.3 is 16.0 Å². The number of anilines is 3. The number of nitrogens with zero attached hydrogens (tertiary/aromatic N) is 2. The molecule has 100 valence electrons. The first kappa shape index (κ1) is 13.3. The zero-order valence-electron chi connectivity index (χ0n) is 10.5. The maximum Gasteiger partial charge on any atom is 0.269 e. The molecular weight excluding hydrogens is 267 g/mol. The lowest BCUT2D eigenvalue weighted by Gasteiger charge is -2.05. The van der Waals surface area contributed by atoms with Crippen LogP contribution in [0.2, 0.25) is 0 Å². The summed E-state index contributed by atoms with van der Waals surface area (Å²) in [5.41, 5.74) is 6.21. The van der Waals surface area contributed by atoms with Gasteiger partial charge in [-0.1, -0.05) is 11.3 Å². The second kappa shape index (κ2) is 5.23. The lowest BCUT2D eigenvalue weighted by atomic mass is 10.3. The summed E-state index contributed by atoms with van der Waals surface area (Å²) < 4.78 is 12.8. The van der Waals surface area contributed by atoms with E-state index in [1.54, 1.807) is 4.90 Å². The van der Waals surface area contributed by atoms with Crippen molar-refractivity contribution in [2.45, 2.75) is 0 Å². The summed E-state index contributed by atoms with van der Waals surface area (Å²) >= 11 is 1.20. The summed E-state index contributed by atoms with van der Waals surface area (Å²) in [5.74, 6) is -0.520. The normalized spacial score (nSPS) is 10.3. The van der Waals surface area contributed by atoms with E-state index in [1.165, 1.54) is 35.6 Å². The average Bonchev–Trinajstić information content (AvgIpc) is 2.74. The van der Waals surface area contributed by atoms with Crippen molar-refractivity contribution in [2.24, 2.45) is 0 Å². The van der Waals surface area contributed by atoms with Gasteiger partial charge in [0.05, 0.1) is 0 Å². The Morgan fingerprint density at radius 2 is 2.00 bits per heavy atom. The van der Waals surface area contributed by atoms with Gasteiger partial charge in [-0.2, -0.15) is 0 Å². The summed E-state index contributed by atoms with van der Waals surface area (Å²) in [5, 5.41) is 3.30. The van der Waals surface area contributed by atoms with Crippen molar-refractivity contribution < 1.29 is 9.18 Å². The summed E-state index contributed by atoms with van der Waals surface area (Å²) in [4.78, 5) is 18.2. The van der Waals surface area contributed by atoms with Crippen molar-refractivity contribution in [3.05, 3.63) is 35.0 Å². The number of carbonyl (C=O) groups is 1. The van der Waals surface area contributed by atoms with E-state index >= 15 is 0 Å². The van der Waals surface area contributed by atoms with Gasteiger partial charge in [0.25, 0.3) is 5.91 Å². The van der Waals surface area contributed by atoms with Gasteiger partial charge in [0.1, 0.15) is 16.5 Å². The number of nitrogens with two attached hydrogens (primary N) is 1. The van der Waals surface area contributed by atoms with Crippen molar-refractivity contribution in [3.8, 4) is 0 Å². The van der Waals surface area contributed by atoms with Crippen LogP contribution in [0.5, 0.6) is 0 Å². The quantitative estimate of drug-likeness (QED) is 0.904. The molecule has 0 radical (unpaired) electrons. The van der Waals surface area contributed by atoms with Gasteiger partial charge in [0.2, 0.25) is 0 Å². The molecule has 2 rings (SSSR count). The molecule has 0 aliphatic rings. The number of thiazole rings is 1. The van der Waals surface area contributed by atoms with E-state index in [9.17, 15) is 9.18 Å². The standard InChI is InChI=1S/C12H13FN4OS/c1-17(2)12-16-10(14)9(19-12)11(18)15-8-5-3-7(13)4-6-8/h3-6H,14H2,1-2H3,(H,15,18). The molecule has 1 amide bonds. The van der Waals surface area contributed by atoms with Crippen LogP contribution in [0, 0.1) is 5.82 Å². The Kier molecular flexibility index (Phi) is 3.66. The molecule has 19 heavy (non-hydrogen) atoms. The Hall–Kier alpha value is -2.15. The second-order valence-corrected chi connectivity index (χ2v) is 5.04. The number of nitrogen functional groups attached to an aromatic ring is 1. The highest BCUT2D eigenvalue weighted by Gasteiger charge is 2.17. The highest BCUT2D eigenvalue weighted by atomic mass is 32.1. The van der Waals surface area contributed by atoms with Crippen LogP contribution in [-0.4, -0.2) is 25.0 Å². The van der Waals surface area contributed by atoms with Gasteiger partial charge in [0, 0.05) is 19.8 Å². The number of amides is 1. The third-order valence-electron chi connectivity index (χ3n) is 2.33. The zero-order valence-corrected chi connectivity index (χ0v) is 11.3. The molecule has 0 unspecified atom stereocenters. The first-order chi connectivity index (χ1) is 8.97. The van der Waals surface area contributed by atoms with E-state index in [4.69, 9.17) is 5.73 Å². The smallest absolute Gasteiger partial charge is 0.269 e. The van der Waals surface area contributed by atoms with E-state index < -0.39 is 0 Å². The van der Waals surface area contributed by atoms with Gasteiger partial charge in [-0.25, -0.2) is 9.37 Å². The molecule has 5 nitrogen and oxygen atoms in total. The van der Waals surface area contributed by atoms with Crippen LogP contribution in [0.25, 0.3) is 0 Å². The van der Waals surface area contributed by atoms with Gasteiger partial charge >= 0.3 is 0 Å². The molecule has 1 aromatic heterocycles. The predicted octanol–water partition coefficient (Wildman–Crippen LogP) is 2.18. The third-order valence-corrected chi connectivity index (χ3v) is 3.57. The van der Waals surface area contributed by atoms with Gasteiger partial charge in [-0.05, 0) is 24.3 Å². The number of hydrogen-bond acceptors (Lipinski definition) is 5. The van der Waals surface area contributed by atoms with Gasteiger partial charge in [-0.15, -0.1) is 0 Å². The SMILES string of the molecule is CN(C)c1nc(N)c(C(=O)Nc2ccc(F)cc2)s1. The molecule has 1 aromatic carbocycles. The van der Waals surface area contributed by atoms with E-state index in [-0.39, 0.29) is 17.5 Å². The Bertz CT molecular complexity index is 594. The van der Waals surface area contributed by atoms with Crippen LogP contribution < -0.4 is 16.0 Å². The van der Waals surface area contributed by atoms with Crippen LogP contribution in [0.15, 0.2) is 24.3 Å². The number of aromatic nitrogens is 1. The number of hydrogen-bond donors (Lipinski definition) is 2. The lowest BCUT2D eigenvalue weighted by molar-refractivity contribution is 0.103. The van der Waals surface area contributed by atoms with Crippen molar-refractivity contribution in [3.63, 3.8) is 0 Å². The van der Waals surface area contributed by atoms with Crippen molar-refractivity contribution in [2.75, 3.05) is 30.0 Å². The Labute approximate surface area is 113 Å². The number of rotatable bonds is 3. The fraction of sp³-hybridized carbons (Fsp3) is 0.167. The second-order valence-electron chi connectivity index (χ2n) is 4.07. The van der Waals surface area contributed by atoms with E-state index in [2.05, 4.69) is 10.3 Å². The number of carbonyl (C=O) groups excluding carboxylic acids is 1. The fourth-order valence-corrected chi connectivity index (χ4v) is 2.20. The zero-order chi connectivity index (χ0) is 14.0. The number of benzene rings is 1. The minimum atomic E-state index is -0.356. The van der Waals surface area contributed by atoms with Crippen molar-refractivity contribution >= 4 is 33.9 Å². The van der Waals surface area contributed by atoms with Crippen molar-refractivity contribution in [1.29, 1.82) is 0 Å². The van der Waals surface area contributed by atoms with E-state index in [1.807, 2.05) is 14.1 Å². The van der Waals surface area contributed by atoms with Crippen molar-refractivity contribution in [1.82, 2.24) is 4.98 Å². The minimum Gasteiger partial charge on any atom is -0.382 e. The summed E-state index contributed by atoms with van der Waals surface area (Å²) in [6.45, 7) is 0. The molecule has 0 saturated carbocycles. The van der Waals surface area contributed by atoms with Crippen LogP contribution in [0.4, 0.5) is 21.0 Å². The fourth-order valence-electron chi connectivity index (χ4n) is 1.40. The maximum atomic E-state index is 12.8. The molecule has 0 atom stereocenters. The molecule has 3 N–H and O–H groups in total. The van der Waals surface area contributed by atoms with Crippen LogP contribution in [0.1, 0.15) is 9.67 Å². The highest BCUT2D eigenvalue weighted by Crippen LogP contribution is 2.27. The topological polar surface area (TPSA) is 71.2 Å². The minimum absolute atomic E-state index is 0.188. The van der Waals surface area contributed by atoms with Gasteiger partial charge in [0.15, 0.2) is 5.13 Å². The average molecular weight is 280 g/mol. The van der Waals surface area contributed by atoms with E-state index in [0.717, 1.165) is 0 Å². The first-order valence-electron chi connectivity index (χ1n) is 5.48. The maximum absolute atomic E-state index is 12.8. The van der Waals surface area contributed by atoms with Crippen LogP contribution in [-0.2, 0) is 0 Å². The molecule has 7 heteroatoms. The summed E-state index contributed by atoms with van der Waals surface area (Å²) in [6.07, 6.45) is 0. The molecule has 1 heterocycles. The monoisotopic (exact) mass is 280 g/mol. The summed E-state index contributed by atoms with van der Waals surface area (Å²) in [6, 6.07) is 5.52. The van der Waals surface area contributed by atoms with Crippen LogP contribution >= 0.6 is 11.3 Å². The lowest BCUT2D eigenvalue weighted by Crippen LogP contribution is -2.12. The first-order valence-corrected chi connectivity index (χ1v) is 6.29. The molecule has 2 aromatic rings. The highest BCUT2D eigenvalue weighted by molar-refractivity contribution is 7.18. The Balaban J connectivity index is 2.18. The predicted molar refractivity (Wildman–Crippen MR) is 75.2 cm³/mol. The molecule has 0 aliphatic heterocycles. The largest absolute Gasteiger partial charge is 0.382 e.